The van der Waals surface area contributed by atoms with E-state index >= 15 is 0 Å². The number of hydrogen-bond acceptors (Lipinski definition) is 3. The molecule has 0 atom stereocenters. The van der Waals surface area contributed by atoms with E-state index in [-0.39, 0.29) is 30.7 Å². The van der Waals surface area contributed by atoms with Gasteiger partial charge in [0.05, 0.1) is 6.54 Å². The molecule has 7 heteroatoms. The predicted molar refractivity (Wildman–Crippen MR) is 86.6 cm³/mol. The summed E-state index contributed by atoms with van der Waals surface area (Å²) >= 11 is 3.36. The molecule has 2 rings (SSSR count). The molecule has 1 amide bonds. The van der Waals surface area contributed by atoms with Crippen LogP contribution in [0, 0.1) is 0 Å². The van der Waals surface area contributed by atoms with Gasteiger partial charge in [0.2, 0.25) is 5.91 Å². The summed E-state index contributed by atoms with van der Waals surface area (Å²) in [5, 5.41) is 6.16. The molecule has 2 N–H and O–H groups in total. The van der Waals surface area contributed by atoms with Gasteiger partial charge in [0.15, 0.2) is 0 Å². The molecule has 1 aliphatic heterocycles. The van der Waals surface area contributed by atoms with E-state index in [0.29, 0.717) is 6.54 Å². The second-order valence-corrected chi connectivity index (χ2v) is 5.00. The molecule has 1 heterocycles. The summed E-state index contributed by atoms with van der Waals surface area (Å²) in [5.41, 5.74) is 0.841. The molecule has 108 valence electrons. The number of nitrogens with one attached hydrogen (secondary N) is 2. The van der Waals surface area contributed by atoms with Gasteiger partial charge in [-0.25, -0.2) is 0 Å². The zero-order chi connectivity index (χ0) is 12.1. The third kappa shape index (κ3) is 6.58. The van der Waals surface area contributed by atoms with Crippen LogP contribution in [-0.4, -0.2) is 43.5 Å². The molecule has 1 aliphatic rings. The van der Waals surface area contributed by atoms with E-state index < -0.39 is 0 Å². The van der Waals surface area contributed by atoms with E-state index in [0.717, 1.165) is 36.3 Å². The topological polar surface area (TPSA) is 44.4 Å². The Morgan fingerprint density at radius 3 is 2.37 bits per heavy atom. The first-order chi connectivity index (χ1) is 8.24. The van der Waals surface area contributed by atoms with Crippen LogP contribution in [0.4, 0.5) is 5.69 Å². The lowest BCUT2D eigenvalue weighted by molar-refractivity contribution is -0.117. The predicted octanol–water partition coefficient (Wildman–Crippen LogP) is 2.14. The van der Waals surface area contributed by atoms with Gasteiger partial charge in [-0.05, 0) is 24.3 Å². The van der Waals surface area contributed by atoms with E-state index in [1.54, 1.807) is 0 Å². The zero-order valence-electron chi connectivity index (χ0n) is 10.4. The fraction of sp³-hybridized carbons (Fsp3) is 0.417. The Kier molecular flexibility index (Phi) is 9.39. The van der Waals surface area contributed by atoms with Crippen LogP contribution in [-0.2, 0) is 4.79 Å². The maximum absolute atomic E-state index is 11.8. The summed E-state index contributed by atoms with van der Waals surface area (Å²) in [5.74, 6) is 0.0502. The van der Waals surface area contributed by atoms with Gasteiger partial charge < -0.3 is 10.6 Å². The minimum absolute atomic E-state index is 0. The van der Waals surface area contributed by atoms with Crippen molar-refractivity contribution in [2.45, 2.75) is 0 Å². The minimum atomic E-state index is 0. The largest absolute Gasteiger partial charge is 0.325 e. The molecule has 1 aromatic carbocycles. The highest BCUT2D eigenvalue weighted by molar-refractivity contribution is 9.10. The number of piperazine rings is 1. The van der Waals surface area contributed by atoms with Gasteiger partial charge >= 0.3 is 0 Å². The second-order valence-electron chi connectivity index (χ2n) is 4.08. The highest BCUT2D eigenvalue weighted by Gasteiger charge is 2.13. The Bertz CT molecular complexity index is 383. The molecule has 0 aromatic heterocycles. The number of amides is 1. The SMILES string of the molecule is Cl.Cl.O=C(CN1CCNCC1)Nc1ccc(Br)cc1. The van der Waals surface area contributed by atoms with Crippen LogP contribution >= 0.6 is 40.7 Å². The normalized spacial score (nSPS) is 15.0. The van der Waals surface area contributed by atoms with E-state index in [1.807, 2.05) is 24.3 Å². The minimum Gasteiger partial charge on any atom is -0.325 e. The van der Waals surface area contributed by atoms with Crippen molar-refractivity contribution in [3.8, 4) is 0 Å². The molecule has 1 aromatic rings. The van der Waals surface area contributed by atoms with Crippen LogP contribution in [0.1, 0.15) is 0 Å². The van der Waals surface area contributed by atoms with E-state index in [4.69, 9.17) is 0 Å². The van der Waals surface area contributed by atoms with Gasteiger partial charge in [0, 0.05) is 36.3 Å². The maximum Gasteiger partial charge on any atom is 0.238 e. The van der Waals surface area contributed by atoms with Gasteiger partial charge in [0.1, 0.15) is 0 Å². The van der Waals surface area contributed by atoms with Crippen molar-refractivity contribution in [1.29, 1.82) is 0 Å². The molecule has 0 aliphatic carbocycles. The standard InChI is InChI=1S/C12H16BrN3O.2ClH/c13-10-1-3-11(4-2-10)15-12(17)9-16-7-5-14-6-8-16;;/h1-4,14H,5-9H2,(H,15,17);2*1H. The van der Waals surface area contributed by atoms with Gasteiger partial charge in [-0.1, -0.05) is 15.9 Å². The van der Waals surface area contributed by atoms with Gasteiger partial charge in [-0.2, -0.15) is 0 Å². The van der Waals surface area contributed by atoms with E-state index in [1.165, 1.54) is 0 Å². The van der Waals surface area contributed by atoms with Crippen LogP contribution in [0.2, 0.25) is 0 Å². The lowest BCUT2D eigenvalue weighted by atomic mass is 10.3. The first kappa shape index (κ1) is 18.7. The van der Waals surface area contributed by atoms with Crippen LogP contribution in [0.5, 0.6) is 0 Å². The van der Waals surface area contributed by atoms with Crippen LogP contribution in [0.15, 0.2) is 28.7 Å². The van der Waals surface area contributed by atoms with Crippen LogP contribution in [0.3, 0.4) is 0 Å². The third-order valence-corrected chi connectivity index (χ3v) is 3.23. The monoisotopic (exact) mass is 369 g/mol. The van der Waals surface area contributed by atoms with Crippen molar-refractivity contribution in [2.24, 2.45) is 0 Å². The Labute approximate surface area is 134 Å². The summed E-state index contributed by atoms with van der Waals surface area (Å²) in [4.78, 5) is 13.9. The number of hydrogen-bond donors (Lipinski definition) is 2. The highest BCUT2D eigenvalue weighted by Crippen LogP contribution is 2.13. The summed E-state index contributed by atoms with van der Waals surface area (Å²) in [6.45, 7) is 4.27. The first-order valence-electron chi connectivity index (χ1n) is 5.72. The van der Waals surface area contributed by atoms with Gasteiger partial charge in [-0.15, -0.1) is 24.8 Å². The molecule has 0 radical (unpaired) electrons. The molecule has 0 spiro atoms. The van der Waals surface area contributed by atoms with Crippen molar-refractivity contribution >= 4 is 52.3 Å². The lowest BCUT2D eigenvalue weighted by Gasteiger charge is -2.26. The summed E-state index contributed by atoms with van der Waals surface area (Å²) in [7, 11) is 0. The number of rotatable bonds is 3. The molecule has 1 saturated heterocycles. The van der Waals surface area contributed by atoms with Crippen molar-refractivity contribution in [1.82, 2.24) is 10.2 Å². The van der Waals surface area contributed by atoms with E-state index in [9.17, 15) is 4.79 Å². The molecule has 0 saturated carbocycles. The molecule has 19 heavy (non-hydrogen) atoms. The Morgan fingerprint density at radius 1 is 1.21 bits per heavy atom. The summed E-state index contributed by atoms with van der Waals surface area (Å²) in [6, 6.07) is 7.61. The molecule has 1 fully saturated rings. The number of benzene rings is 1. The smallest absolute Gasteiger partial charge is 0.238 e. The van der Waals surface area contributed by atoms with Crippen molar-refractivity contribution in [2.75, 3.05) is 38.0 Å². The maximum atomic E-state index is 11.8. The number of nitrogens with zero attached hydrogens (tertiary/aromatic N) is 1. The van der Waals surface area contributed by atoms with Crippen LogP contribution < -0.4 is 10.6 Å². The average molecular weight is 371 g/mol. The quantitative estimate of drug-likeness (QED) is 0.856. The molecular formula is C12H18BrCl2N3O. The Hall–Kier alpha value is -0.330. The van der Waals surface area contributed by atoms with Crippen molar-refractivity contribution in [3.63, 3.8) is 0 Å². The summed E-state index contributed by atoms with van der Waals surface area (Å²) in [6.07, 6.45) is 0. The summed E-state index contributed by atoms with van der Waals surface area (Å²) < 4.78 is 1.01. The van der Waals surface area contributed by atoms with Gasteiger partial charge in [-0.3, -0.25) is 9.69 Å². The molecule has 4 nitrogen and oxygen atoms in total. The zero-order valence-corrected chi connectivity index (χ0v) is 13.6. The molecule has 0 bridgehead atoms. The second kappa shape index (κ2) is 9.55. The third-order valence-electron chi connectivity index (χ3n) is 2.70. The molecule has 0 unspecified atom stereocenters. The fourth-order valence-corrected chi connectivity index (χ4v) is 2.07. The fourth-order valence-electron chi connectivity index (χ4n) is 1.81. The van der Waals surface area contributed by atoms with E-state index in [2.05, 4.69) is 31.5 Å². The number of anilines is 1. The van der Waals surface area contributed by atoms with Crippen molar-refractivity contribution < 1.29 is 4.79 Å². The van der Waals surface area contributed by atoms with Crippen LogP contribution in [0.25, 0.3) is 0 Å². The average Bonchev–Trinajstić information content (AvgIpc) is 2.33. The number of halogens is 3. The Morgan fingerprint density at radius 2 is 1.79 bits per heavy atom. The van der Waals surface area contributed by atoms with Gasteiger partial charge in [0.25, 0.3) is 0 Å². The Balaban J connectivity index is 0.00000162. The number of carbonyl (C=O) groups excluding carboxylic acids is 1. The number of carbonyl (C=O) groups is 1. The highest BCUT2D eigenvalue weighted by atomic mass is 79.9. The first-order valence-corrected chi connectivity index (χ1v) is 6.52. The van der Waals surface area contributed by atoms with Crippen molar-refractivity contribution in [3.05, 3.63) is 28.7 Å². The lowest BCUT2D eigenvalue weighted by Crippen LogP contribution is -2.46. The molecular weight excluding hydrogens is 353 g/mol.